The predicted molar refractivity (Wildman–Crippen MR) is 53.9 cm³/mol. The molecule has 5 heteroatoms. The fourth-order valence-corrected chi connectivity index (χ4v) is 1.67. The number of amides is 2. The van der Waals surface area contributed by atoms with E-state index in [4.69, 9.17) is 5.73 Å². The van der Waals surface area contributed by atoms with Crippen LogP contribution >= 0.6 is 0 Å². The van der Waals surface area contributed by atoms with E-state index in [1.54, 1.807) is 29.4 Å². The molecule has 1 fully saturated rings. The predicted octanol–water partition coefficient (Wildman–Crippen LogP) is -0.0802. The molecule has 2 heterocycles. The molecular weight excluding hydrogens is 194 g/mol. The molecule has 1 aromatic rings. The van der Waals surface area contributed by atoms with Gasteiger partial charge < -0.3 is 10.6 Å². The van der Waals surface area contributed by atoms with Crippen LogP contribution in [0.1, 0.15) is 6.42 Å². The van der Waals surface area contributed by atoms with Crippen LogP contribution in [0, 0.1) is 5.92 Å². The lowest BCUT2D eigenvalue weighted by Crippen LogP contribution is -2.28. The molecular formula is C10H11N3O2. The van der Waals surface area contributed by atoms with Gasteiger partial charge >= 0.3 is 0 Å². The van der Waals surface area contributed by atoms with E-state index in [1.165, 1.54) is 0 Å². The van der Waals surface area contributed by atoms with Gasteiger partial charge in [-0.25, -0.2) is 0 Å². The lowest BCUT2D eigenvalue weighted by Gasteiger charge is -2.15. The van der Waals surface area contributed by atoms with Crippen LogP contribution in [0.2, 0.25) is 0 Å². The molecule has 0 aliphatic carbocycles. The first-order valence-electron chi connectivity index (χ1n) is 4.68. The number of nitrogens with two attached hydrogens (primary N) is 1. The molecule has 1 atom stereocenters. The third-order valence-electron chi connectivity index (χ3n) is 2.50. The molecule has 0 bridgehead atoms. The van der Waals surface area contributed by atoms with Gasteiger partial charge in [-0.3, -0.25) is 14.6 Å². The summed E-state index contributed by atoms with van der Waals surface area (Å²) in [6, 6.07) is 3.47. The maximum Gasteiger partial charge on any atom is 0.227 e. The summed E-state index contributed by atoms with van der Waals surface area (Å²) in [5.74, 6) is -0.851. The smallest absolute Gasteiger partial charge is 0.227 e. The van der Waals surface area contributed by atoms with Crippen LogP contribution in [-0.4, -0.2) is 23.3 Å². The number of anilines is 1. The number of rotatable bonds is 2. The molecule has 1 saturated heterocycles. The van der Waals surface area contributed by atoms with E-state index in [0.29, 0.717) is 6.54 Å². The van der Waals surface area contributed by atoms with Gasteiger partial charge in [-0.2, -0.15) is 0 Å². The van der Waals surface area contributed by atoms with Crippen LogP contribution in [0.5, 0.6) is 0 Å². The highest BCUT2D eigenvalue weighted by Crippen LogP contribution is 2.23. The molecule has 1 aromatic heterocycles. The second kappa shape index (κ2) is 3.68. The molecule has 5 nitrogen and oxygen atoms in total. The summed E-state index contributed by atoms with van der Waals surface area (Å²) in [6.07, 6.45) is 3.43. The molecule has 1 aliphatic heterocycles. The zero-order valence-electron chi connectivity index (χ0n) is 8.09. The van der Waals surface area contributed by atoms with Crippen molar-refractivity contribution in [3.63, 3.8) is 0 Å². The topological polar surface area (TPSA) is 76.3 Å². The van der Waals surface area contributed by atoms with Crippen molar-refractivity contribution in [1.29, 1.82) is 0 Å². The minimum atomic E-state index is -0.417. The van der Waals surface area contributed by atoms with Crippen LogP contribution in [0.25, 0.3) is 0 Å². The van der Waals surface area contributed by atoms with Gasteiger partial charge in [0.25, 0.3) is 0 Å². The summed E-state index contributed by atoms with van der Waals surface area (Å²) in [5, 5.41) is 0. The lowest BCUT2D eigenvalue weighted by atomic mass is 10.1. The van der Waals surface area contributed by atoms with Crippen molar-refractivity contribution >= 4 is 17.5 Å². The number of aromatic nitrogens is 1. The zero-order valence-corrected chi connectivity index (χ0v) is 8.09. The van der Waals surface area contributed by atoms with Crippen molar-refractivity contribution in [2.24, 2.45) is 11.7 Å². The highest BCUT2D eigenvalue weighted by atomic mass is 16.2. The summed E-state index contributed by atoms with van der Waals surface area (Å²) >= 11 is 0. The molecule has 0 saturated carbocycles. The molecule has 15 heavy (non-hydrogen) atoms. The number of nitrogens with zero attached hydrogens (tertiary/aromatic N) is 2. The zero-order chi connectivity index (χ0) is 10.8. The van der Waals surface area contributed by atoms with Crippen molar-refractivity contribution in [2.45, 2.75) is 6.42 Å². The van der Waals surface area contributed by atoms with E-state index in [0.717, 1.165) is 5.69 Å². The standard InChI is InChI=1S/C10H11N3O2/c11-10(15)7-5-9(14)13(6-7)8-1-3-12-4-2-8/h1-4,7H,5-6H2,(H2,11,15). The quantitative estimate of drug-likeness (QED) is 0.733. The van der Waals surface area contributed by atoms with Gasteiger partial charge in [-0.05, 0) is 12.1 Å². The Labute approximate surface area is 86.9 Å². The van der Waals surface area contributed by atoms with E-state index in [2.05, 4.69) is 4.98 Å². The van der Waals surface area contributed by atoms with Gasteiger partial charge in [0, 0.05) is 31.0 Å². The number of hydrogen-bond donors (Lipinski definition) is 1. The van der Waals surface area contributed by atoms with Crippen LogP contribution in [0.15, 0.2) is 24.5 Å². The summed E-state index contributed by atoms with van der Waals surface area (Å²) in [7, 11) is 0. The van der Waals surface area contributed by atoms with E-state index < -0.39 is 5.91 Å². The van der Waals surface area contributed by atoms with Crippen molar-refractivity contribution in [2.75, 3.05) is 11.4 Å². The Bertz CT molecular complexity index is 391. The Hall–Kier alpha value is -1.91. The SMILES string of the molecule is NC(=O)C1CC(=O)N(c2ccncc2)C1. The molecule has 2 N–H and O–H groups in total. The molecule has 0 radical (unpaired) electrons. The van der Waals surface area contributed by atoms with E-state index in [1.807, 2.05) is 0 Å². The minimum Gasteiger partial charge on any atom is -0.369 e. The molecule has 0 aromatic carbocycles. The maximum atomic E-state index is 11.6. The fourth-order valence-electron chi connectivity index (χ4n) is 1.67. The first-order chi connectivity index (χ1) is 7.18. The Kier molecular flexibility index (Phi) is 2.37. The Morgan fingerprint density at radius 3 is 2.67 bits per heavy atom. The largest absolute Gasteiger partial charge is 0.369 e. The highest BCUT2D eigenvalue weighted by Gasteiger charge is 2.33. The van der Waals surface area contributed by atoms with Gasteiger partial charge in [-0.1, -0.05) is 0 Å². The first kappa shape index (κ1) is 9.64. The summed E-state index contributed by atoms with van der Waals surface area (Å²) in [4.78, 5) is 28.0. The molecule has 1 aliphatic rings. The average Bonchev–Trinajstić information content (AvgIpc) is 2.62. The highest BCUT2D eigenvalue weighted by molar-refractivity contribution is 5.99. The van der Waals surface area contributed by atoms with Gasteiger partial charge in [0.1, 0.15) is 0 Å². The van der Waals surface area contributed by atoms with Crippen molar-refractivity contribution in [3.8, 4) is 0 Å². The normalized spacial score (nSPS) is 20.7. The Morgan fingerprint density at radius 2 is 2.13 bits per heavy atom. The van der Waals surface area contributed by atoms with Crippen LogP contribution in [-0.2, 0) is 9.59 Å². The number of pyridine rings is 1. The first-order valence-corrected chi connectivity index (χ1v) is 4.68. The second-order valence-electron chi connectivity index (χ2n) is 3.51. The molecule has 1 unspecified atom stereocenters. The fraction of sp³-hybridized carbons (Fsp3) is 0.300. The van der Waals surface area contributed by atoms with Gasteiger partial charge in [0.05, 0.1) is 5.92 Å². The third kappa shape index (κ3) is 1.81. The summed E-state index contributed by atoms with van der Waals surface area (Å²) < 4.78 is 0. The molecule has 2 rings (SSSR count). The molecule has 0 spiro atoms. The number of carbonyl (C=O) groups is 2. The summed E-state index contributed by atoms with van der Waals surface area (Å²) in [5.41, 5.74) is 5.93. The second-order valence-corrected chi connectivity index (χ2v) is 3.51. The third-order valence-corrected chi connectivity index (χ3v) is 2.50. The molecule has 78 valence electrons. The Balaban J connectivity index is 2.19. The lowest BCUT2D eigenvalue weighted by molar-refractivity contribution is -0.123. The van der Waals surface area contributed by atoms with Crippen LogP contribution in [0.3, 0.4) is 0 Å². The van der Waals surface area contributed by atoms with Crippen molar-refractivity contribution in [1.82, 2.24) is 4.98 Å². The van der Waals surface area contributed by atoms with Crippen LogP contribution in [0.4, 0.5) is 5.69 Å². The molecule has 2 amide bonds. The van der Waals surface area contributed by atoms with E-state index >= 15 is 0 Å². The number of primary amides is 1. The van der Waals surface area contributed by atoms with Gasteiger partial charge in [0.2, 0.25) is 11.8 Å². The number of carbonyl (C=O) groups excluding carboxylic acids is 2. The van der Waals surface area contributed by atoms with Gasteiger partial charge in [0.15, 0.2) is 0 Å². The van der Waals surface area contributed by atoms with Crippen molar-refractivity contribution in [3.05, 3.63) is 24.5 Å². The average molecular weight is 205 g/mol. The minimum absolute atomic E-state index is 0.0648. The Morgan fingerprint density at radius 1 is 1.47 bits per heavy atom. The monoisotopic (exact) mass is 205 g/mol. The summed E-state index contributed by atoms with van der Waals surface area (Å²) in [6.45, 7) is 0.373. The number of hydrogen-bond acceptors (Lipinski definition) is 3. The van der Waals surface area contributed by atoms with E-state index in [9.17, 15) is 9.59 Å². The van der Waals surface area contributed by atoms with Gasteiger partial charge in [-0.15, -0.1) is 0 Å². The maximum absolute atomic E-state index is 11.6. The van der Waals surface area contributed by atoms with Crippen molar-refractivity contribution < 1.29 is 9.59 Å². The van der Waals surface area contributed by atoms with E-state index in [-0.39, 0.29) is 18.2 Å². The van der Waals surface area contributed by atoms with Crippen LogP contribution < -0.4 is 10.6 Å².